The number of hydrogen-bond donors (Lipinski definition) is 1. The summed E-state index contributed by atoms with van der Waals surface area (Å²) < 4.78 is 22.1. The zero-order chi connectivity index (χ0) is 24.4. The number of ether oxygens (including phenoxy) is 3. The highest BCUT2D eigenvalue weighted by atomic mass is 16.5. The first-order chi connectivity index (χ1) is 17.1. The fourth-order valence-corrected chi connectivity index (χ4v) is 4.51. The van der Waals surface area contributed by atoms with Gasteiger partial charge in [0.05, 0.1) is 38.5 Å². The maximum Gasteiger partial charge on any atom is 0.322 e. The molecular weight excluding hydrogens is 448 g/mol. The maximum atomic E-state index is 13.2. The van der Waals surface area contributed by atoms with E-state index >= 15 is 0 Å². The molecule has 2 unspecified atom stereocenters. The summed E-state index contributed by atoms with van der Waals surface area (Å²) in [4.78, 5) is 19.6. The van der Waals surface area contributed by atoms with Crippen LogP contribution in [0.2, 0.25) is 0 Å². The zero-order valence-electron chi connectivity index (χ0n) is 20.0. The summed E-state index contributed by atoms with van der Waals surface area (Å²) in [6.07, 6.45) is 1.93. The van der Waals surface area contributed by atoms with Gasteiger partial charge in [0.15, 0.2) is 0 Å². The lowest BCUT2D eigenvalue weighted by Gasteiger charge is -2.36. The molecule has 35 heavy (non-hydrogen) atoms. The first-order valence-corrected chi connectivity index (χ1v) is 11.6. The molecule has 2 aliphatic heterocycles. The van der Waals surface area contributed by atoms with Gasteiger partial charge in [0, 0.05) is 17.9 Å². The second kappa shape index (κ2) is 9.79. The monoisotopic (exact) mass is 476 g/mol. The molecule has 0 radical (unpaired) electrons. The number of benzene rings is 2. The minimum atomic E-state index is -0.460. The Morgan fingerprint density at radius 2 is 1.74 bits per heavy atom. The van der Waals surface area contributed by atoms with Crippen molar-refractivity contribution in [3.05, 3.63) is 65.7 Å². The number of nitrogens with one attached hydrogen (secondary N) is 1. The molecule has 9 heteroatoms. The van der Waals surface area contributed by atoms with E-state index in [9.17, 15) is 4.79 Å². The van der Waals surface area contributed by atoms with Gasteiger partial charge in [0.1, 0.15) is 11.5 Å². The van der Waals surface area contributed by atoms with Crippen molar-refractivity contribution in [2.24, 2.45) is 0 Å². The van der Waals surface area contributed by atoms with Gasteiger partial charge >= 0.3 is 6.03 Å². The van der Waals surface area contributed by atoms with E-state index in [2.05, 4.69) is 10.5 Å². The van der Waals surface area contributed by atoms with Crippen molar-refractivity contribution in [3.8, 4) is 22.9 Å². The van der Waals surface area contributed by atoms with E-state index in [1.807, 2.05) is 55.5 Å². The smallest absolute Gasteiger partial charge is 0.322 e. The number of rotatable bonds is 7. The second-order valence-electron chi connectivity index (χ2n) is 8.55. The van der Waals surface area contributed by atoms with Crippen LogP contribution < -0.4 is 14.8 Å². The Hall–Kier alpha value is -3.85. The molecule has 5 rings (SSSR count). The minimum absolute atomic E-state index is 0.00651. The van der Waals surface area contributed by atoms with Crippen LogP contribution in [0.25, 0.3) is 17.0 Å². The van der Waals surface area contributed by atoms with E-state index in [-0.39, 0.29) is 12.1 Å². The third-order valence-electron chi connectivity index (χ3n) is 6.46. The number of allylic oxidation sites excluding steroid dienone is 1. The van der Waals surface area contributed by atoms with E-state index in [1.54, 1.807) is 19.1 Å². The van der Waals surface area contributed by atoms with Gasteiger partial charge < -0.3 is 24.1 Å². The highest BCUT2D eigenvalue weighted by Crippen LogP contribution is 2.38. The molecule has 1 N–H and O–H groups in total. The molecule has 182 valence electrons. The Morgan fingerprint density at radius 3 is 2.37 bits per heavy atom. The van der Waals surface area contributed by atoms with Gasteiger partial charge in [-0.2, -0.15) is 4.98 Å². The normalized spacial score (nSPS) is 20.2. The minimum Gasteiger partial charge on any atom is -0.497 e. The predicted octanol–water partition coefficient (Wildman–Crippen LogP) is 4.43. The number of nitrogens with zero attached hydrogens (tertiary/aromatic N) is 3. The van der Waals surface area contributed by atoms with E-state index in [0.29, 0.717) is 18.3 Å². The Balaban J connectivity index is 1.54. The second-order valence-corrected chi connectivity index (χ2v) is 8.55. The van der Waals surface area contributed by atoms with Crippen molar-refractivity contribution >= 4 is 11.6 Å². The summed E-state index contributed by atoms with van der Waals surface area (Å²) in [6.45, 7) is 3.10. The topological polar surface area (TPSA) is 99.0 Å². The molecule has 1 aromatic heterocycles. The summed E-state index contributed by atoms with van der Waals surface area (Å²) in [5.41, 5.74) is 3.19. The zero-order valence-corrected chi connectivity index (χ0v) is 20.0. The summed E-state index contributed by atoms with van der Waals surface area (Å²) >= 11 is 0. The van der Waals surface area contributed by atoms with Crippen LogP contribution >= 0.6 is 0 Å². The third kappa shape index (κ3) is 4.59. The fourth-order valence-electron chi connectivity index (χ4n) is 4.51. The Kier molecular flexibility index (Phi) is 6.41. The quantitative estimate of drug-likeness (QED) is 0.539. The molecule has 2 aromatic carbocycles. The largest absolute Gasteiger partial charge is 0.497 e. The van der Waals surface area contributed by atoms with Crippen molar-refractivity contribution in [2.75, 3.05) is 27.4 Å². The third-order valence-corrected chi connectivity index (χ3v) is 6.46. The lowest BCUT2D eigenvalue weighted by molar-refractivity contribution is 0.0877. The van der Waals surface area contributed by atoms with Crippen molar-refractivity contribution in [2.45, 2.75) is 31.9 Å². The molecular formula is C26H28N4O5. The highest BCUT2D eigenvalue weighted by molar-refractivity contribution is 5.87. The van der Waals surface area contributed by atoms with Crippen LogP contribution in [0, 0.1) is 0 Å². The number of carbonyl (C=O) groups excluding carboxylic acids is 1. The first-order valence-electron chi connectivity index (χ1n) is 11.6. The van der Waals surface area contributed by atoms with Gasteiger partial charge in [-0.25, -0.2) is 4.79 Å². The number of methoxy groups -OCH3 is 2. The molecule has 2 atom stereocenters. The molecule has 0 saturated carbocycles. The molecule has 0 aliphatic carbocycles. The Bertz CT molecular complexity index is 1210. The molecule has 1 saturated heterocycles. The molecule has 9 nitrogen and oxygen atoms in total. The van der Waals surface area contributed by atoms with Crippen molar-refractivity contribution in [1.82, 2.24) is 20.4 Å². The maximum absolute atomic E-state index is 13.2. The number of urea groups is 1. The van der Waals surface area contributed by atoms with Gasteiger partial charge in [-0.05, 0) is 61.7 Å². The van der Waals surface area contributed by atoms with Crippen LogP contribution in [-0.2, 0) is 4.74 Å². The van der Waals surface area contributed by atoms with Gasteiger partial charge in [-0.3, -0.25) is 4.90 Å². The summed E-state index contributed by atoms with van der Waals surface area (Å²) in [7, 11) is 3.24. The number of aromatic nitrogens is 2. The van der Waals surface area contributed by atoms with E-state index < -0.39 is 6.04 Å². The van der Waals surface area contributed by atoms with Crippen LogP contribution in [-0.4, -0.2) is 54.5 Å². The molecule has 3 heterocycles. The van der Waals surface area contributed by atoms with Crippen LogP contribution in [0.15, 0.2) is 58.8 Å². The first kappa shape index (κ1) is 22.9. The van der Waals surface area contributed by atoms with Crippen molar-refractivity contribution in [1.29, 1.82) is 0 Å². The molecule has 1 fully saturated rings. The SMILES string of the molecule is COc1ccc(-c2noc(C3=C(C)N(CC4CCCO4)C(=O)NC3c3ccc(OC)cc3)n2)cc1. The van der Waals surface area contributed by atoms with Crippen LogP contribution in [0.3, 0.4) is 0 Å². The lowest BCUT2D eigenvalue weighted by atomic mass is 9.94. The molecule has 0 bridgehead atoms. The van der Waals surface area contributed by atoms with E-state index in [1.165, 1.54) is 0 Å². The van der Waals surface area contributed by atoms with Gasteiger partial charge in [-0.1, -0.05) is 17.3 Å². The summed E-state index contributed by atoms with van der Waals surface area (Å²) in [5, 5.41) is 7.34. The van der Waals surface area contributed by atoms with Crippen molar-refractivity contribution < 1.29 is 23.5 Å². The molecule has 2 aliphatic rings. The van der Waals surface area contributed by atoms with Crippen molar-refractivity contribution in [3.63, 3.8) is 0 Å². The average molecular weight is 477 g/mol. The molecule has 2 amide bonds. The van der Waals surface area contributed by atoms with Crippen LogP contribution in [0.5, 0.6) is 11.5 Å². The number of amides is 2. The van der Waals surface area contributed by atoms with Crippen LogP contribution in [0.1, 0.15) is 37.3 Å². The highest BCUT2D eigenvalue weighted by Gasteiger charge is 2.37. The summed E-state index contributed by atoms with van der Waals surface area (Å²) in [5.74, 6) is 2.29. The summed E-state index contributed by atoms with van der Waals surface area (Å²) in [6, 6.07) is 14.4. The van der Waals surface area contributed by atoms with E-state index in [0.717, 1.165) is 53.3 Å². The van der Waals surface area contributed by atoms with Crippen LogP contribution in [0.4, 0.5) is 4.79 Å². The van der Waals surface area contributed by atoms with Gasteiger partial charge in [0.25, 0.3) is 5.89 Å². The average Bonchev–Trinajstić information content (AvgIpc) is 3.59. The Morgan fingerprint density at radius 1 is 1.06 bits per heavy atom. The van der Waals surface area contributed by atoms with E-state index in [4.69, 9.17) is 23.7 Å². The fraction of sp³-hybridized carbons (Fsp3) is 0.346. The number of carbonyl (C=O) groups is 1. The Labute approximate surface area is 203 Å². The van der Waals surface area contributed by atoms with Gasteiger partial charge in [0.2, 0.25) is 5.82 Å². The lowest BCUT2D eigenvalue weighted by Crippen LogP contribution is -2.48. The number of hydrogen-bond acceptors (Lipinski definition) is 7. The standard InChI is InChI=1S/C26H28N4O5/c1-16-22(25-28-24(29-35-25)18-8-12-20(33-3)13-9-18)23(17-6-10-19(32-2)11-7-17)27-26(31)30(16)15-21-5-4-14-34-21/h6-13,21,23H,4-5,14-15H2,1-3H3,(H,27,31). The molecule has 3 aromatic rings. The molecule has 0 spiro atoms. The van der Waals surface area contributed by atoms with Gasteiger partial charge in [-0.15, -0.1) is 0 Å². The predicted molar refractivity (Wildman–Crippen MR) is 129 cm³/mol.